The van der Waals surface area contributed by atoms with Crippen LogP contribution >= 0.6 is 0 Å². The molecule has 0 spiro atoms. The molecule has 1 atom stereocenters. The Morgan fingerprint density at radius 1 is 1.07 bits per heavy atom. The maximum Gasteiger partial charge on any atom is 0.245 e. The van der Waals surface area contributed by atoms with E-state index in [1.807, 2.05) is 36.9 Å². The standard InChI is InChI=1S/C21H24N6O/c1-14-4-6-17(7-5-14)13-26-11-10-18(21(26)28)22-19-8-9-20(24-23-19)27-16(3)12-15(2)25-27/h4-9,12,18H,10-11,13H2,1-3H3,(H,22,23). The summed E-state index contributed by atoms with van der Waals surface area (Å²) in [6, 6.07) is 13.7. The molecule has 1 unspecified atom stereocenters. The van der Waals surface area contributed by atoms with Crippen LogP contribution in [0.4, 0.5) is 5.82 Å². The smallest absolute Gasteiger partial charge is 0.245 e. The first-order chi connectivity index (χ1) is 13.5. The molecule has 1 amide bonds. The van der Waals surface area contributed by atoms with Crippen molar-refractivity contribution in [2.75, 3.05) is 11.9 Å². The fourth-order valence-corrected chi connectivity index (χ4v) is 3.50. The fraction of sp³-hybridized carbons (Fsp3) is 0.333. The molecule has 28 heavy (non-hydrogen) atoms. The molecule has 2 aromatic heterocycles. The number of carbonyl (C=O) groups is 1. The van der Waals surface area contributed by atoms with Gasteiger partial charge in [-0.3, -0.25) is 4.79 Å². The number of amides is 1. The van der Waals surface area contributed by atoms with Crippen LogP contribution in [0.25, 0.3) is 5.82 Å². The predicted octanol–water partition coefficient (Wildman–Crippen LogP) is 2.80. The van der Waals surface area contributed by atoms with Crippen molar-refractivity contribution < 1.29 is 4.79 Å². The number of aryl methyl sites for hydroxylation is 3. The lowest BCUT2D eigenvalue weighted by Crippen LogP contribution is -2.33. The molecule has 0 bridgehead atoms. The van der Waals surface area contributed by atoms with Gasteiger partial charge in [-0.25, -0.2) is 4.68 Å². The van der Waals surface area contributed by atoms with Gasteiger partial charge in [0.05, 0.1) is 5.69 Å². The Morgan fingerprint density at radius 2 is 1.86 bits per heavy atom. The van der Waals surface area contributed by atoms with Gasteiger partial charge >= 0.3 is 0 Å². The lowest BCUT2D eigenvalue weighted by atomic mass is 10.1. The van der Waals surface area contributed by atoms with Gasteiger partial charge in [-0.05, 0) is 51.0 Å². The molecule has 3 aromatic rings. The minimum absolute atomic E-state index is 0.102. The minimum Gasteiger partial charge on any atom is -0.357 e. The highest BCUT2D eigenvalue weighted by atomic mass is 16.2. The van der Waals surface area contributed by atoms with Gasteiger partial charge < -0.3 is 10.2 Å². The van der Waals surface area contributed by atoms with E-state index in [-0.39, 0.29) is 11.9 Å². The third-order valence-electron chi connectivity index (χ3n) is 4.99. The van der Waals surface area contributed by atoms with Gasteiger partial charge in [-0.15, -0.1) is 10.2 Å². The molecule has 1 aliphatic heterocycles. The number of carbonyl (C=O) groups excluding carboxylic acids is 1. The van der Waals surface area contributed by atoms with Crippen LogP contribution in [-0.2, 0) is 11.3 Å². The summed E-state index contributed by atoms with van der Waals surface area (Å²) in [6.07, 6.45) is 0.756. The number of anilines is 1. The van der Waals surface area contributed by atoms with E-state index in [2.05, 4.69) is 51.8 Å². The quantitative estimate of drug-likeness (QED) is 0.741. The van der Waals surface area contributed by atoms with Gasteiger partial charge in [0.15, 0.2) is 5.82 Å². The Labute approximate surface area is 164 Å². The number of hydrogen-bond donors (Lipinski definition) is 1. The van der Waals surface area contributed by atoms with E-state index < -0.39 is 0 Å². The van der Waals surface area contributed by atoms with E-state index in [4.69, 9.17) is 0 Å². The third-order valence-corrected chi connectivity index (χ3v) is 4.99. The lowest BCUT2D eigenvalue weighted by Gasteiger charge is -2.17. The number of nitrogens with one attached hydrogen (secondary N) is 1. The fourth-order valence-electron chi connectivity index (χ4n) is 3.50. The zero-order valence-corrected chi connectivity index (χ0v) is 16.4. The highest BCUT2D eigenvalue weighted by molar-refractivity contribution is 5.86. The van der Waals surface area contributed by atoms with Crippen LogP contribution in [0, 0.1) is 20.8 Å². The molecule has 0 aliphatic carbocycles. The summed E-state index contributed by atoms with van der Waals surface area (Å²) in [5, 5.41) is 16.1. The molecular formula is C21H24N6O. The molecule has 1 aromatic carbocycles. The first-order valence-corrected chi connectivity index (χ1v) is 9.48. The minimum atomic E-state index is -0.265. The average molecular weight is 376 g/mol. The van der Waals surface area contributed by atoms with Gasteiger partial charge in [-0.2, -0.15) is 5.10 Å². The second-order valence-electron chi connectivity index (χ2n) is 7.35. The monoisotopic (exact) mass is 376 g/mol. The highest BCUT2D eigenvalue weighted by Crippen LogP contribution is 2.19. The molecule has 1 aliphatic rings. The van der Waals surface area contributed by atoms with Gasteiger partial charge in [0.1, 0.15) is 11.9 Å². The Morgan fingerprint density at radius 3 is 2.50 bits per heavy atom. The number of likely N-dealkylation sites (tertiary alicyclic amines) is 1. The summed E-state index contributed by atoms with van der Waals surface area (Å²) in [7, 11) is 0. The van der Waals surface area contributed by atoms with Crippen LogP contribution in [0.1, 0.15) is 28.9 Å². The molecular weight excluding hydrogens is 352 g/mol. The van der Waals surface area contributed by atoms with Crippen LogP contribution in [0.5, 0.6) is 0 Å². The van der Waals surface area contributed by atoms with Crippen molar-refractivity contribution in [2.24, 2.45) is 0 Å². The van der Waals surface area contributed by atoms with Crippen molar-refractivity contribution in [3.8, 4) is 5.82 Å². The maximum absolute atomic E-state index is 12.7. The summed E-state index contributed by atoms with van der Waals surface area (Å²) in [5.74, 6) is 1.36. The maximum atomic E-state index is 12.7. The molecule has 144 valence electrons. The van der Waals surface area contributed by atoms with Crippen molar-refractivity contribution in [3.63, 3.8) is 0 Å². The van der Waals surface area contributed by atoms with Crippen LogP contribution in [0.3, 0.4) is 0 Å². The van der Waals surface area contributed by atoms with Crippen LogP contribution in [0.2, 0.25) is 0 Å². The molecule has 1 N–H and O–H groups in total. The van der Waals surface area contributed by atoms with Crippen LogP contribution in [0.15, 0.2) is 42.5 Å². The van der Waals surface area contributed by atoms with Gasteiger partial charge in [-0.1, -0.05) is 29.8 Å². The zero-order valence-electron chi connectivity index (χ0n) is 16.4. The van der Waals surface area contributed by atoms with Crippen molar-refractivity contribution in [3.05, 3.63) is 65.0 Å². The second kappa shape index (κ2) is 7.42. The number of nitrogens with zero attached hydrogens (tertiary/aromatic N) is 5. The van der Waals surface area contributed by atoms with Crippen LogP contribution < -0.4 is 5.32 Å². The number of hydrogen-bond acceptors (Lipinski definition) is 5. The Balaban J connectivity index is 1.40. The number of rotatable bonds is 5. The molecule has 0 saturated carbocycles. The number of benzene rings is 1. The van der Waals surface area contributed by atoms with E-state index in [9.17, 15) is 4.79 Å². The predicted molar refractivity (Wildman–Crippen MR) is 107 cm³/mol. The van der Waals surface area contributed by atoms with Crippen molar-refractivity contribution in [1.29, 1.82) is 0 Å². The van der Waals surface area contributed by atoms with Gasteiger partial charge in [0, 0.05) is 18.8 Å². The van der Waals surface area contributed by atoms with Gasteiger partial charge in [0.25, 0.3) is 0 Å². The molecule has 1 fully saturated rings. The van der Waals surface area contributed by atoms with E-state index in [1.54, 1.807) is 4.68 Å². The topological polar surface area (TPSA) is 75.9 Å². The van der Waals surface area contributed by atoms with E-state index in [0.717, 1.165) is 29.9 Å². The van der Waals surface area contributed by atoms with Crippen molar-refractivity contribution in [1.82, 2.24) is 24.9 Å². The summed E-state index contributed by atoms with van der Waals surface area (Å²) >= 11 is 0. The van der Waals surface area contributed by atoms with Crippen LogP contribution in [-0.4, -0.2) is 43.4 Å². The molecule has 7 heteroatoms. The molecule has 0 radical (unpaired) electrons. The Bertz CT molecular complexity index is 977. The number of aromatic nitrogens is 4. The lowest BCUT2D eigenvalue weighted by molar-refractivity contribution is -0.128. The Kier molecular flexibility index (Phi) is 4.81. The van der Waals surface area contributed by atoms with E-state index >= 15 is 0 Å². The zero-order chi connectivity index (χ0) is 19.7. The largest absolute Gasteiger partial charge is 0.357 e. The first kappa shape index (κ1) is 18.2. The summed E-state index contributed by atoms with van der Waals surface area (Å²) in [6.45, 7) is 7.36. The van der Waals surface area contributed by atoms with Gasteiger partial charge in [0.2, 0.25) is 5.91 Å². The molecule has 4 rings (SSSR count). The molecule has 1 saturated heterocycles. The van der Waals surface area contributed by atoms with Crippen molar-refractivity contribution in [2.45, 2.75) is 39.8 Å². The van der Waals surface area contributed by atoms with Crippen molar-refractivity contribution >= 4 is 11.7 Å². The molecule has 7 nitrogen and oxygen atoms in total. The normalized spacial score (nSPS) is 16.6. The first-order valence-electron chi connectivity index (χ1n) is 9.48. The summed E-state index contributed by atoms with van der Waals surface area (Å²) in [4.78, 5) is 14.6. The summed E-state index contributed by atoms with van der Waals surface area (Å²) in [5.41, 5.74) is 4.31. The summed E-state index contributed by atoms with van der Waals surface area (Å²) < 4.78 is 1.76. The second-order valence-corrected chi connectivity index (χ2v) is 7.35. The SMILES string of the molecule is Cc1ccc(CN2CCC(Nc3ccc(-n4nc(C)cc4C)nn3)C2=O)cc1. The van der Waals surface area contributed by atoms with E-state index in [0.29, 0.717) is 18.2 Å². The third kappa shape index (κ3) is 3.74. The molecule has 3 heterocycles. The highest BCUT2D eigenvalue weighted by Gasteiger charge is 2.31. The average Bonchev–Trinajstić information content (AvgIpc) is 3.20. The Hall–Kier alpha value is -3.22. The van der Waals surface area contributed by atoms with E-state index in [1.165, 1.54) is 5.56 Å².